The predicted molar refractivity (Wildman–Crippen MR) is 106 cm³/mol. The summed E-state index contributed by atoms with van der Waals surface area (Å²) in [5.41, 5.74) is -0.120. The first kappa shape index (κ1) is 17.2. The van der Waals surface area contributed by atoms with Crippen LogP contribution in [0.5, 0.6) is 5.75 Å². The Morgan fingerprint density at radius 3 is 2.39 bits per heavy atom. The van der Waals surface area contributed by atoms with Crippen molar-refractivity contribution in [2.24, 2.45) is 5.41 Å². The first-order chi connectivity index (χ1) is 13.4. The zero-order valence-electron chi connectivity index (χ0n) is 15.9. The third-order valence-corrected chi connectivity index (χ3v) is 6.66. The molecule has 1 fully saturated rings. The van der Waals surface area contributed by atoms with Gasteiger partial charge in [0.15, 0.2) is 5.72 Å². The van der Waals surface area contributed by atoms with Crippen molar-refractivity contribution in [1.82, 2.24) is 4.57 Å². The van der Waals surface area contributed by atoms with Crippen molar-refractivity contribution in [2.75, 3.05) is 7.11 Å². The normalized spacial score (nSPS) is 25.8. The number of Topliss-reactive ketones (excluding diaryl/α,β-unsaturated/α-hetero) is 1. The minimum atomic E-state index is -1.47. The highest BCUT2D eigenvalue weighted by Crippen LogP contribution is 2.55. The Morgan fingerprint density at radius 1 is 1.04 bits per heavy atom. The van der Waals surface area contributed by atoms with Gasteiger partial charge in [-0.2, -0.15) is 0 Å². The summed E-state index contributed by atoms with van der Waals surface area (Å²) in [4.78, 5) is 26.1. The fourth-order valence-electron chi connectivity index (χ4n) is 5.03. The lowest BCUT2D eigenvalue weighted by molar-refractivity contribution is -0.142. The van der Waals surface area contributed by atoms with E-state index in [1.54, 1.807) is 20.1 Å². The number of methoxy groups -OCH3 is 1. The van der Waals surface area contributed by atoms with Crippen molar-refractivity contribution in [1.29, 1.82) is 0 Å². The highest BCUT2D eigenvalue weighted by Gasteiger charge is 2.63. The molecule has 2 atom stereocenters. The molecule has 0 radical (unpaired) electrons. The first-order valence-electron chi connectivity index (χ1n) is 9.48. The van der Waals surface area contributed by atoms with Gasteiger partial charge in [0.1, 0.15) is 11.5 Å². The lowest BCUT2D eigenvalue weighted by Crippen LogP contribution is -2.47. The summed E-state index contributed by atoms with van der Waals surface area (Å²) in [6.45, 7) is 1.79. The van der Waals surface area contributed by atoms with Crippen LogP contribution < -0.4 is 10.3 Å². The maximum atomic E-state index is 13.4. The Labute approximate surface area is 162 Å². The van der Waals surface area contributed by atoms with Crippen molar-refractivity contribution in [3.63, 3.8) is 0 Å². The lowest BCUT2D eigenvalue weighted by atomic mass is 9.79. The number of carbonyl (C=O) groups is 1. The molecule has 2 aliphatic rings. The van der Waals surface area contributed by atoms with Crippen molar-refractivity contribution < 1.29 is 14.6 Å². The third-order valence-electron chi connectivity index (χ3n) is 6.66. The van der Waals surface area contributed by atoms with Crippen molar-refractivity contribution in [3.05, 3.63) is 64.6 Å². The van der Waals surface area contributed by atoms with Gasteiger partial charge in [0.25, 0.3) is 5.56 Å². The molecular weight excluding hydrogens is 354 g/mol. The largest absolute Gasteiger partial charge is 0.497 e. The van der Waals surface area contributed by atoms with E-state index >= 15 is 0 Å². The van der Waals surface area contributed by atoms with Crippen molar-refractivity contribution in [3.8, 4) is 16.9 Å². The summed E-state index contributed by atoms with van der Waals surface area (Å²) in [6.07, 6.45) is 0.920. The van der Waals surface area contributed by atoms with Crippen LogP contribution in [-0.4, -0.2) is 22.6 Å². The molecule has 0 saturated heterocycles. The SMILES string of the molecule is COc1ccc(-c2c3n(c(=O)c4ccccc24)C2(O)CCC(=O)C2(C)C3)cc1. The van der Waals surface area contributed by atoms with Crippen LogP contribution in [0.2, 0.25) is 0 Å². The van der Waals surface area contributed by atoms with E-state index in [0.29, 0.717) is 18.2 Å². The minimum absolute atomic E-state index is 0.0165. The molecule has 2 heterocycles. The number of carbonyl (C=O) groups excluding carboxylic acids is 1. The Kier molecular flexibility index (Phi) is 3.41. The molecule has 2 aromatic carbocycles. The summed E-state index contributed by atoms with van der Waals surface area (Å²) in [6, 6.07) is 15.1. The van der Waals surface area contributed by atoms with Gasteiger partial charge in [0.05, 0.1) is 12.5 Å². The van der Waals surface area contributed by atoms with Crippen molar-refractivity contribution in [2.45, 2.75) is 31.9 Å². The second-order valence-electron chi connectivity index (χ2n) is 7.99. The summed E-state index contributed by atoms with van der Waals surface area (Å²) in [5.74, 6) is 0.762. The first-order valence-corrected chi connectivity index (χ1v) is 9.48. The maximum absolute atomic E-state index is 13.4. The minimum Gasteiger partial charge on any atom is -0.497 e. The number of nitrogens with zero attached hydrogens (tertiary/aromatic N) is 1. The molecule has 5 nitrogen and oxygen atoms in total. The molecule has 0 bridgehead atoms. The number of benzene rings is 2. The number of ether oxygens (including phenoxy) is 1. The van der Waals surface area contributed by atoms with E-state index in [4.69, 9.17) is 4.74 Å². The number of ketones is 1. The van der Waals surface area contributed by atoms with Crippen LogP contribution in [0.1, 0.15) is 25.5 Å². The fourth-order valence-corrected chi connectivity index (χ4v) is 5.03. The molecule has 0 amide bonds. The van der Waals surface area contributed by atoms with Gasteiger partial charge in [0, 0.05) is 35.9 Å². The topological polar surface area (TPSA) is 68.5 Å². The molecule has 0 spiro atoms. The number of pyridine rings is 1. The van der Waals surface area contributed by atoms with E-state index in [1.165, 1.54) is 4.57 Å². The lowest BCUT2D eigenvalue weighted by Gasteiger charge is -2.32. The second kappa shape index (κ2) is 5.55. The van der Waals surface area contributed by atoms with Gasteiger partial charge in [-0.1, -0.05) is 30.3 Å². The van der Waals surface area contributed by atoms with Crippen LogP contribution in [0.3, 0.4) is 0 Å². The van der Waals surface area contributed by atoms with E-state index in [2.05, 4.69) is 0 Å². The summed E-state index contributed by atoms with van der Waals surface area (Å²) in [5, 5.41) is 12.9. The molecule has 1 aromatic heterocycles. The van der Waals surface area contributed by atoms with E-state index < -0.39 is 11.1 Å². The van der Waals surface area contributed by atoms with E-state index in [1.807, 2.05) is 42.5 Å². The van der Waals surface area contributed by atoms with Crippen LogP contribution >= 0.6 is 0 Å². The van der Waals surface area contributed by atoms with Gasteiger partial charge in [-0.25, -0.2) is 0 Å². The molecule has 142 valence electrons. The highest BCUT2D eigenvalue weighted by molar-refractivity contribution is 5.99. The summed E-state index contributed by atoms with van der Waals surface area (Å²) in [7, 11) is 1.62. The van der Waals surface area contributed by atoms with E-state index in [-0.39, 0.29) is 17.8 Å². The number of rotatable bonds is 2. The smallest absolute Gasteiger partial charge is 0.261 e. The quantitative estimate of drug-likeness (QED) is 0.747. The zero-order chi connectivity index (χ0) is 19.7. The molecule has 5 heteroatoms. The average molecular weight is 375 g/mol. The monoisotopic (exact) mass is 375 g/mol. The van der Waals surface area contributed by atoms with Gasteiger partial charge < -0.3 is 9.84 Å². The summed E-state index contributed by atoms with van der Waals surface area (Å²) < 4.78 is 6.77. The van der Waals surface area contributed by atoms with Gasteiger partial charge >= 0.3 is 0 Å². The van der Waals surface area contributed by atoms with Crippen LogP contribution in [0.4, 0.5) is 0 Å². The molecular formula is C23H21NO4. The number of fused-ring (bicyclic) bond motifs is 4. The van der Waals surface area contributed by atoms with E-state index in [9.17, 15) is 14.7 Å². The Morgan fingerprint density at radius 2 is 1.71 bits per heavy atom. The maximum Gasteiger partial charge on any atom is 0.261 e. The molecule has 1 aliphatic carbocycles. The van der Waals surface area contributed by atoms with Gasteiger partial charge in [0.2, 0.25) is 0 Å². The van der Waals surface area contributed by atoms with Gasteiger partial charge in [-0.05, 0) is 36.1 Å². The van der Waals surface area contributed by atoms with Crippen molar-refractivity contribution >= 4 is 16.6 Å². The van der Waals surface area contributed by atoms with E-state index in [0.717, 1.165) is 28.0 Å². The second-order valence-corrected chi connectivity index (χ2v) is 7.99. The Hall–Kier alpha value is -2.92. The third kappa shape index (κ3) is 1.94. The molecule has 5 rings (SSSR count). The highest BCUT2D eigenvalue weighted by atomic mass is 16.5. The molecule has 1 aliphatic heterocycles. The molecule has 3 aromatic rings. The molecule has 1 saturated carbocycles. The van der Waals surface area contributed by atoms with Gasteiger partial charge in [-0.3, -0.25) is 14.2 Å². The zero-order valence-corrected chi connectivity index (χ0v) is 15.9. The molecule has 28 heavy (non-hydrogen) atoms. The van der Waals surface area contributed by atoms with Crippen LogP contribution in [0.25, 0.3) is 21.9 Å². The number of aromatic nitrogens is 1. The van der Waals surface area contributed by atoms with Crippen LogP contribution in [-0.2, 0) is 16.9 Å². The molecule has 2 unspecified atom stereocenters. The van der Waals surface area contributed by atoms with Crippen LogP contribution in [0.15, 0.2) is 53.3 Å². The van der Waals surface area contributed by atoms with Crippen LogP contribution in [0, 0.1) is 5.41 Å². The number of aliphatic hydroxyl groups is 1. The Balaban J connectivity index is 1.90. The Bertz CT molecular complexity index is 1190. The van der Waals surface area contributed by atoms with Gasteiger partial charge in [-0.15, -0.1) is 0 Å². The number of hydrogen-bond donors (Lipinski definition) is 1. The predicted octanol–water partition coefficient (Wildman–Crippen LogP) is 3.25. The fraction of sp³-hybridized carbons (Fsp3) is 0.304. The number of hydrogen-bond acceptors (Lipinski definition) is 4. The summed E-state index contributed by atoms with van der Waals surface area (Å²) >= 11 is 0. The average Bonchev–Trinajstić information content (AvgIpc) is 3.08. The standard InChI is InChI=1S/C23H21NO4/c1-22-13-18-20(14-7-9-15(28-2)10-8-14)16-5-3-4-6-17(16)21(26)24(18)23(22,27)12-11-19(22)25/h3-10,27H,11-13H2,1-2H3. The molecule has 1 N–H and O–H groups in total.